The van der Waals surface area contributed by atoms with Crippen LogP contribution in [0.5, 0.6) is 0 Å². The lowest BCUT2D eigenvalue weighted by atomic mass is 10.1. The number of alkyl halides is 3. The Bertz CT molecular complexity index is 593. The van der Waals surface area contributed by atoms with Gasteiger partial charge in [-0.25, -0.2) is 8.42 Å². The van der Waals surface area contributed by atoms with Crippen molar-refractivity contribution in [3.63, 3.8) is 0 Å². The first-order valence-electron chi connectivity index (χ1n) is 6.52. The van der Waals surface area contributed by atoms with Crippen LogP contribution in [0.15, 0.2) is 23.2 Å². The molecular weight excluding hydrogens is 343 g/mol. The zero-order valence-electron chi connectivity index (χ0n) is 11.6. The first-order chi connectivity index (χ1) is 9.76. The van der Waals surface area contributed by atoms with E-state index in [0.717, 1.165) is 18.7 Å². The van der Waals surface area contributed by atoms with Gasteiger partial charge in [-0.2, -0.15) is 17.5 Å². The molecule has 1 fully saturated rings. The molecule has 0 spiro atoms. The molecule has 1 aliphatic rings. The van der Waals surface area contributed by atoms with Gasteiger partial charge in [0.05, 0.1) is 0 Å². The number of nitrogens with zero attached hydrogens (tertiary/aromatic N) is 2. The summed E-state index contributed by atoms with van der Waals surface area (Å²) >= 11 is 0. The van der Waals surface area contributed by atoms with E-state index in [1.807, 2.05) is 0 Å². The molecule has 0 aromatic carbocycles. The van der Waals surface area contributed by atoms with Gasteiger partial charge in [-0.3, -0.25) is 4.98 Å². The van der Waals surface area contributed by atoms with Crippen LogP contribution < -0.4 is 5.73 Å². The van der Waals surface area contributed by atoms with Crippen molar-refractivity contribution in [3.8, 4) is 0 Å². The standard InChI is InChI=1S/C12H16F3N3O2S.ClH/c13-12(14,15)11-5-4-10(8-17-11)21(19,20)18-6-2-1-3-9(18)7-16;/h4-5,8-9H,1-3,6-7,16H2;1H. The molecule has 0 aliphatic carbocycles. The molecule has 0 bridgehead atoms. The SMILES string of the molecule is Cl.NCC1CCCCN1S(=O)(=O)c1ccc(C(F)(F)F)nc1. The molecule has 2 heterocycles. The van der Waals surface area contributed by atoms with Crippen LogP contribution in [0.4, 0.5) is 13.2 Å². The predicted octanol–water partition coefficient (Wildman–Crippen LogP) is 2.02. The van der Waals surface area contributed by atoms with E-state index >= 15 is 0 Å². The molecule has 1 aromatic rings. The highest BCUT2D eigenvalue weighted by Gasteiger charge is 2.35. The number of pyridine rings is 1. The van der Waals surface area contributed by atoms with Gasteiger partial charge in [0.15, 0.2) is 0 Å². The number of hydrogen-bond donors (Lipinski definition) is 1. The Morgan fingerprint density at radius 1 is 1.32 bits per heavy atom. The van der Waals surface area contributed by atoms with Crippen LogP contribution in [-0.2, 0) is 16.2 Å². The molecule has 0 radical (unpaired) electrons. The van der Waals surface area contributed by atoms with Crippen LogP contribution in [0.3, 0.4) is 0 Å². The topological polar surface area (TPSA) is 76.3 Å². The fraction of sp³-hybridized carbons (Fsp3) is 0.583. The van der Waals surface area contributed by atoms with Gasteiger partial charge < -0.3 is 5.73 Å². The van der Waals surface area contributed by atoms with Crippen LogP contribution in [-0.4, -0.2) is 36.8 Å². The van der Waals surface area contributed by atoms with Gasteiger partial charge in [0.1, 0.15) is 10.6 Å². The summed E-state index contributed by atoms with van der Waals surface area (Å²) in [6.45, 7) is 0.512. The molecule has 2 rings (SSSR count). The maximum atomic E-state index is 12.5. The summed E-state index contributed by atoms with van der Waals surface area (Å²) in [6.07, 6.45) is -1.58. The average Bonchev–Trinajstić information content (AvgIpc) is 2.46. The maximum absolute atomic E-state index is 12.5. The van der Waals surface area contributed by atoms with Crippen molar-refractivity contribution in [3.05, 3.63) is 24.0 Å². The summed E-state index contributed by atoms with van der Waals surface area (Å²) in [5.41, 5.74) is 4.46. The molecule has 5 nitrogen and oxygen atoms in total. The van der Waals surface area contributed by atoms with Crippen molar-refractivity contribution in [1.29, 1.82) is 0 Å². The smallest absolute Gasteiger partial charge is 0.329 e. The summed E-state index contributed by atoms with van der Waals surface area (Å²) in [7, 11) is -3.86. The van der Waals surface area contributed by atoms with E-state index in [4.69, 9.17) is 5.73 Å². The lowest BCUT2D eigenvalue weighted by molar-refractivity contribution is -0.141. The molecule has 1 atom stereocenters. The number of rotatable bonds is 3. The minimum Gasteiger partial charge on any atom is -0.329 e. The van der Waals surface area contributed by atoms with E-state index in [0.29, 0.717) is 25.5 Å². The average molecular weight is 360 g/mol. The van der Waals surface area contributed by atoms with Crippen LogP contribution >= 0.6 is 12.4 Å². The van der Waals surface area contributed by atoms with Crippen LogP contribution in [0.2, 0.25) is 0 Å². The van der Waals surface area contributed by atoms with Gasteiger partial charge in [0.25, 0.3) is 0 Å². The van der Waals surface area contributed by atoms with Gasteiger partial charge in [0.2, 0.25) is 10.0 Å². The fourth-order valence-electron chi connectivity index (χ4n) is 2.36. The van der Waals surface area contributed by atoms with E-state index in [1.165, 1.54) is 4.31 Å². The Morgan fingerprint density at radius 2 is 2.00 bits per heavy atom. The lowest BCUT2D eigenvalue weighted by Crippen LogP contribution is -2.47. The molecule has 1 unspecified atom stereocenters. The second kappa shape index (κ2) is 7.12. The van der Waals surface area contributed by atoms with Crippen molar-refractivity contribution >= 4 is 22.4 Å². The summed E-state index contributed by atoms with van der Waals surface area (Å²) in [5.74, 6) is 0. The zero-order valence-corrected chi connectivity index (χ0v) is 13.2. The van der Waals surface area contributed by atoms with Crippen LogP contribution in [0.25, 0.3) is 0 Å². The van der Waals surface area contributed by atoms with Crippen molar-refractivity contribution < 1.29 is 21.6 Å². The molecule has 2 N–H and O–H groups in total. The van der Waals surface area contributed by atoms with Gasteiger partial charge >= 0.3 is 6.18 Å². The Kier molecular flexibility index (Phi) is 6.19. The predicted molar refractivity (Wildman–Crippen MR) is 77.1 cm³/mol. The van der Waals surface area contributed by atoms with Crippen molar-refractivity contribution in [1.82, 2.24) is 9.29 Å². The molecule has 126 valence electrons. The van der Waals surface area contributed by atoms with Gasteiger partial charge in [-0.05, 0) is 25.0 Å². The lowest BCUT2D eigenvalue weighted by Gasteiger charge is -2.33. The molecule has 1 aliphatic heterocycles. The quantitative estimate of drug-likeness (QED) is 0.895. The van der Waals surface area contributed by atoms with Crippen LogP contribution in [0, 0.1) is 0 Å². The third-order valence-corrected chi connectivity index (χ3v) is 5.41. The molecule has 1 aromatic heterocycles. The Labute approximate surface area is 133 Å². The van der Waals surface area contributed by atoms with Crippen molar-refractivity contribution in [2.45, 2.75) is 36.4 Å². The normalized spacial score (nSPS) is 20.5. The first-order valence-corrected chi connectivity index (χ1v) is 7.96. The number of sulfonamides is 1. The summed E-state index contributed by atoms with van der Waals surface area (Å²) in [4.78, 5) is 2.96. The monoisotopic (exact) mass is 359 g/mol. The highest BCUT2D eigenvalue weighted by atomic mass is 35.5. The third kappa shape index (κ3) is 3.89. The van der Waals surface area contributed by atoms with E-state index in [2.05, 4.69) is 4.98 Å². The minimum atomic E-state index is -4.59. The van der Waals surface area contributed by atoms with Crippen LogP contribution in [0.1, 0.15) is 25.0 Å². The highest BCUT2D eigenvalue weighted by molar-refractivity contribution is 7.89. The van der Waals surface area contributed by atoms with Crippen molar-refractivity contribution in [2.24, 2.45) is 5.73 Å². The molecule has 1 saturated heterocycles. The molecule has 0 amide bonds. The summed E-state index contributed by atoms with van der Waals surface area (Å²) in [5, 5.41) is 0. The second-order valence-electron chi connectivity index (χ2n) is 4.88. The largest absolute Gasteiger partial charge is 0.433 e. The van der Waals surface area contributed by atoms with E-state index < -0.39 is 21.9 Å². The molecular formula is C12H17ClF3N3O2S. The second-order valence-corrected chi connectivity index (χ2v) is 6.77. The minimum absolute atomic E-state index is 0. The molecule has 10 heteroatoms. The highest BCUT2D eigenvalue weighted by Crippen LogP contribution is 2.29. The fourth-order valence-corrected chi connectivity index (χ4v) is 4.01. The number of aromatic nitrogens is 1. The molecule has 0 saturated carbocycles. The molecule has 22 heavy (non-hydrogen) atoms. The van der Waals surface area contributed by atoms with Gasteiger partial charge in [-0.15, -0.1) is 12.4 Å². The Balaban J connectivity index is 0.00000242. The van der Waals surface area contributed by atoms with Gasteiger partial charge in [-0.1, -0.05) is 6.42 Å². The van der Waals surface area contributed by atoms with E-state index in [9.17, 15) is 21.6 Å². The zero-order chi connectivity index (χ0) is 15.7. The maximum Gasteiger partial charge on any atom is 0.433 e. The number of hydrogen-bond acceptors (Lipinski definition) is 4. The Morgan fingerprint density at radius 3 is 2.50 bits per heavy atom. The van der Waals surface area contributed by atoms with E-state index in [-0.39, 0.29) is 29.9 Å². The Hall–Kier alpha value is -0.900. The van der Waals surface area contributed by atoms with E-state index in [1.54, 1.807) is 0 Å². The number of nitrogens with two attached hydrogens (primary N) is 1. The van der Waals surface area contributed by atoms with Crippen molar-refractivity contribution in [2.75, 3.05) is 13.1 Å². The number of piperidine rings is 1. The van der Waals surface area contributed by atoms with Gasteiger partial charge in [0, 0.05) is 25.3 Å². The number of halogens is 4. The third-order valence-electron chi connectivity index (χ3n) is 3.48. The first kappa shape index (κ1) is 19.1. The summed E-state index contributed by atoms with van der Waals surface area (Å²) < 4.78 is 63.5. The summed E-state index contributed by atoms with van der Waals surface area (Å²) in [6, 6.07) is 1.30.